The minimum atomic E-state index is -0.140. The molecule has 3 rings (SSSR count). The summed E-state index contributed by atoms with van der Waals surface area (Å²) in [7, 11) is 0. The van der Waals surface area contributed by atoms with Gasteiger partial charge in [0.25, 0.3) is 0 Å². The number of rotatable bonds is 5. The lowest BCUT2D eigenvalue weighted by Crippen LogP contribution is -2.58. The number of primary amides is 1. The summed E-state index contributed by atoms with van der Waals surface area (Å²) in [6.45, 7) is 5.29. The van der Waals surface area contributed by atoms with Gasteiger partial charge in [-0.25, -0.2) is 0 Å². The second-order valence-electron chi connectivity index (χ2n) is 7.18. The van der Waals surface area contributed by atoms with Gasteiger partial charge in [0.05, 0.1) is 0 Å². The Balaban J connectivity index is 0.00000156. The molecule has 1 amide bonds. The summed E-state index contributed by atoms with van der Waals surface area (Å²) < 4.78 is 0. The SMILES string of the molecule is Cl.Cl.NC(=O)CC1(N2CCN(Cc3ccccc3)CC2)CCCCC1. The highest BCUT2D eigenvalue weighted by molar-refractivity contribution is 5.85. The molecule has 0 atom stereocenters. The molecular formula is C19H31Cl2N3O. The van der Waals surface area contributed by atoms with E-state index >= 15 is 0 Å². The van der Waals surface area contributed by atoms with E-state index in [0.29, 0.717) is 6.42 Å². The van der Waals surface area contributed by atoms with E-state index < -0.39 is 0 Å². The molecule has 1 heterocycles. The first kappa shape index (κ1) is 22.2. The number of nitrogens with two attached hydrogens (primary N) is 1. The number of piperazine rings is 1. The molecule has 1 saturated carbocycles. The summed E-state index contributed by atoms with van der Waals surface area (Å²) in [4.78, 5) is 16.7. The summed E-state index contributed by atoms with van der Waals surface area (Å²) in [6, 6.07) is 10.7. The Labute approximate surface area is 163 Å². The third kappa shape index (κ3) is 5.85. The van der Waals surface area contributed by atoms with Gasteiger partial charge < -0.3 is 5.73 Å². The van der Waals surface area contributed by atoms with Crippen LogP contribution in [0.1, 0.15) is 44.1 Å². The Morgan fingerprint density at radius 2 is 1.56 bits per heavy atom. The Kier molecular flexibility index (Phi) is 9.22. The first-order valence-corrected chi connectivity index (χ1v) is 8.98. The highest BCUT2D eigenvalue weighted by Gasteiger charge is 2.40. The fourth-order valence-electron chi connectivity index (χ4n) is 4.36. The number of nitrogens with zero attached hydrogens (tertiary/aromatic N) is 2. The van der Waals surface area contributed by atoms with Gasteiger partial charge in [-0.05, 0) is 18.4 Å². The van der Waals surface area contributed by atoms with Crippen LogP contribution in [0.2, 0.25) is 0 Å². The van der Waals surface area contributed by atoms with Crippen LogP contribution in [-0.2, 0) is 11.3 Å². The van der Waals surface area contributed by atoms with Gasteiger partial charge in [0, 0.05) is 44.7 Å². The quantitative estimate of drug-likeness (QED) is 0.843. The lowest BCUT2D eigenvalue weighted by molar-refractivity contribution is -0.122. The van der Waals surface area contributed by atoms with Crippen LogP contribution in [0.3, 0.4) is 0 Å². The van der Waals surface area contributed by atoms with Crippen molar-refractivity contribution >= 4 is 30.7 Å². The predicted octanol–water partition coefficient (Wildman–Crippen LogP) is 3.23. The Hall–Kier alpha value is -0.810. The van der Waals surface area contributed by atoms with Crippen molar-refractivity contribution in [2.45, 2.75) is 50.6 Å². The monoisotopic (exact) mass is 387 g/mol. The molecule has 0 spiro atoms. The van der Waals surface area contributed by atoms with E-state index in [-0.39, 0.29) is 36.3 Å². The van der Waals surface area contributed by atoms with Crippen LogP contribution in [0.4, 0.5) is 0 Å². The van der Waals surface area contributed by atoms with Gasteiger partial charge in [0.15, 0.2) is 0 Å². The van der Waals surface area contributed by atoms with Crippen LogP contribution in [0.25, 0.3) is 0 Å². The largest absolute Gasteiger partial charge is 0.370 e. The number of hydrogen-bond donors (Lipinski definition) is 1. The Bertz CT molecular complexity index is 513. The van der Waals surface area contributed by atoms with Crippen LogP contribution >= 0.6 is 24.8 Å². The van der Waals surface area contributed by atoms with Gasteiger partial charge in [-0.15, -0.1) is 24.8 Å². The van der Waals surface area contributed by atoms with Crippen LogP contribution in [0, 0.1) is 0 Å². The third-order valence-corrected chi connectivity index (χ3v) is 5.58. The summed E-state index contributed by atoms with van der Waals surface area (Å²) in [5, 5.41) is 0. The van der Waals surface area contributed by atoms with E-state index in [2.05, 4.69) is 40.1 Å². The normalized spacial score (nSPS) is 21.0. The third-order valence-electron chi connectivity index (χ3n) is 5.58. The molecule has 1 aromatic carbocycles. The van der Waals surface area contributed by atoms with Gasteiger partial charge >= 0.3 is 0 Å². The molecule has 6 heteroatoms. The Morgan fingerprint density at radius 3 is 2.12 bits per heavy atom. The molecule has 1 aliphatic carbocycles. The van der Waals surface area contributed by atoms with Crippen molar-refractivity contribution in [3.63, 3.8) is 0 Å². The molecule has 4 nitrogen and oxygen atoms in total. The van der Waals surface area contributed by atoms with Crippen molar-refractivity contribution in [2.24, 2.45) is 5.73 Å². The van der Waals surface area contributed by atoms with Crippen LogP contribution in [0.5, 0.6) is 0 Å². The molecule has 1 aliphatic heterocycles. The number of halogens is 2. The van der Waals surface area contributed by atoms with Crippen molar-refractivity contribution in [1.82, 2.24) is 9.80 Å². The highest BCUT2D eigenvalue weighted by atomic mass is 35.5. The van der Waals surface area contributed by atoms with Crippen molar-refractivity contribution in [3.05, 3.63) is 35.9 Å². The molecule has 0 bridgehead atoms. The van der Waals surface area contributed by atoms with Crippen LogP contribution in [-0.4, -0.2) is 47.4 Å². The van der Waals surface area contributed by atoms with Crippen molar-refractivity contribution in [1.29, 1.82) is 0 Å². The maximum atomic E-state index is 11.6. The van der Waals surface area contributed by atoms with Gasteiger partial charge in [0.2, 0.25) is 5.91 Å². The zero-order valence-electron chi connectivity index (χ0n) is 14.9. The first-order chi connectivity index (χ1) is 11.2. The lowest BCUT2D eigenvalue weighted by Gasteiger charge is -2.49. The number of carbonyl (C=O) groups excluding carboxylic acids is 1. The molecule has 0 unspecified atom stereocenters. The molecule has 0 aromatic heterocycles. The van der Waals surface area contributed by atoms with E-state index in [9.17, 15) is 4.79 Å². The van der Waals surface area contributed by atoms with Crippen LogP contribution < -0.4 is 5.73 Å². The lowest BCUT2D eigenvalue weighted by atomic mass is 9.77. The minimum Gasteiger partial charge on any atom is -0.370 e. The van der Waals surface area contributed by atoms with Gasteiger partial charge in [-0.3, -0.25) is 14.6 Å². The van der Waals surface area contributed by atoms with E-state index in [1.807, 2.05) is 0 Å². The topological polar surface area (TPSA) is 49.6 Å². The second-order valence-corrected chi connectivity index (χ2v) is 7.18. The average Bonchev–Trinajstić information content (AvgIpc) is 2.57. The molecule has 0 radical (unpaired) electrons. The molecule has 2 aliphatic rings. The molecule has 2 N–H and O–H groups in total. The first-order valence-electron chi connectivity index (χ1n) is 8.98. The predicted molar refractivity (Wildman–Crippen MR) is 107 cm³/mol. The van der Waals surface area contributed by atoms with Gasteiger partial charge in [0.1, 0.15) is 0 Å². The molecule has 2 fully saturated rings. The standard InChI is InChI=1S/C19H29N3O.2ClH/c20-18(23)15-19(9-5-2-6-10-19)22-13-11-21(12-14-22)16-17-7-3-1-4-8-17;;/h1,3-4,7-8H,2,5-6,9-16H2,(H2,20,23);2*1H. The van der Waals surface area contributed by atoms with E-state index in [1.54, 1.807) is 0 Å². The maximum Gasteiger partial charge on any atom is 0.219 e. The summed E-state index contributed by atoms with van der Waals surface area (Å²) in [5.74, 6) is -0.140. The summed E-state index contributed by atoms with van der Waals surface area (Å²) in [6.07, 6.45) is 6.57. The second kappa shape index (κ2) is 10.4. The number of benzene rings is 1. The molecular weight excluding hydrogens is 357 g/mol. The summed E-state index contributed by atoms with van der Waals surface area (Å²) in [5.41, 5.74) is 6.99. The van der Waals surface area contributed by atoms with Gasteiger partial charge in [-0.1, -0.05) is 49.6 Å². The molecule has 25 heavy (non-hydrogen) atoms. The average molecular weight is 388 g/mol. The minimum absolute atomic E-state index is 0. The fraction of sp³-hybridized carbons (Fsp3) is 0.632. The molecule has 142 valence electrons. The van der Waals surface area contributed by atoms with E-state index in [1.165, 1.54) is 24.8 Å². The number of hydrogen-bond acceptors (Lipinski definition) is 3. The zero-order chi connectivity index (χ0) is 16.1. The summed E-state index contributed by atoms with van der Waals surface area (Å²) >= 11 is 0. The number of amides is 1. The van der Waals surface area contributed by atoms with Crippen molar-refractivity contribution in [3.8, 4) is 0 Å². The fourth-order valence-corrected chi connectivity index (χ4v) is 4.36. The van der Waals surface area contributed by atoms with E-state index in [0.717, 1.165) is 45.6 Å². The van der Waals surface area contributed by atoms with Crippen LogP contribution in [0.15, 0.2) is 30.3 Å². The van der Waals surface area contributed by atoms with Gasteiger partial charge in [-0.2, -0.15) is 0 Å². The Morgan fingerprint density at radius 1 is 0.960 bits per heavy atom. The molecule has 1 aromatic rings. The smallest absolute Gasteiger partial charge is 0.219 e. The van der Waals surface area contributed by atoms with E-state index in [4.69, 9.17) is 5.73 Å². The number of carbonyl (C=O) groups is 1. The van der Waals surface area contributed by atoms with Crippen molar-refractivity contribution in [2.75, 3.05) is 26.2 Å². The molecule has 1 saturated heterocycles. The zero-order valence-corrected chi connectivity index (χ0v) is 16.5. The maximum absolute atomic E-state index is 11.6. The highest BCUT2D eigenvalue weighted by Crippen LogP contribution is 2.37. The van der Waals surface area contributed by atoms with Crippen molar-refractivity contribution < 1.29 is 4.79 Å².